The van der Waals surface area contributed by atoms with Crippen LogP contribution in [0.4, 0.5) is 4.79 Å². The molecule has 0 saturated heterocycles. The average Bonchev–Trinajstić information content (AvgIpc) is 2.74. The van der Waals surface area contributed by atoms with Gasteiger partial charge in [0.2, 0.25) is 0 Å². The summed E-state index contributed by atoms with van der Waals surface area (Å²) in [6.45, 7) is 5.28. The van der Waals surface area contributed by atoms with Gasteiger partial charge >= 0.3 is 6.09 Å². The molecule has 5 nitrogen and oxygen atoms in total. The largest absolute Gasteiger partial charge is 0.497 e. The number of benzene rings is 2. The predicted molar refractivity (Wildman–Crippen MR) is 135 cm³/mol. The minimum absolute atomic E-state index is 0.0503. The number of halogens is 2. The van der Waals surface area contributed by atoms with Crippen LogP contribution in [0.2, 0.25) is 10.0 Å². The number of nitrogens with zero attached hydrogens (tertiary/aromatic N) is 1. The molecule has 0 unspecified atom stereocenters. The number of rotatable bonds is 7. The normalized spacial score (nSPS) is 11.9. The zero-order chi connectivity index (χ0) is 24.4. The van der Waals surface area contributed by atoms with E-state index in [-0.39, 0.29) is 6.54 Å². The molecule has 0 saturated carbocycles. The fourth-order valence-electron chi connectivity index (χ4n) is 2.60. The molecule has 2 amide bonds. The van der Waals surface area contributed by atoms with Crippen LogP contribution in [0.3, 0.4) is 0 Å². The van der Waals surface area contributed by atoms with Crippen molar-refractivity contribution in [3.05, 3.63) is 87.9 Å². The topological polar surface area (TPSA) is 55.8 Å². The lowest BCUT2D eigenvalue weighted by molar-refractivity contribution is -0.124. The Morgan fingerprint density at radius 1 is 1.00 bits per heavy atom. The van der Waals surface area contributed by atoms with E-state index in [0.29, 0.717) is 15.8 Å². The molecule has 0 N–H and O–H groups in total. The molecule has 0 aromatic heterocycles. The van der Waals surface area contributed by atoms with Gasteiger partial charge in [-0.2, -0.15) is 0 Å². The molecule has 7 heteroatoms. The third kappa shape index (κ3) is 9.16. The lowest BCUT2D eigenvalue weighted by atomic mass is 10.2. The maximum Gasteiger partial charge on any atom is 0.417 e. The van der Waals surface area contributed by atoms with Crippen molar-refractivity contribution in [1.29, 1.82) is 0 Å². The molecule has 0 bridgehead atoms. The molecule has 174 valence electrons. The minimum Gasteiger partial charge on any atom is -0.497 e. The standard InChI is InChI=1S/C26H27Cl2NO4/c1-26(2,3)33-25(31)29(17-7-8-19-11-14-21(27)15-12-19)24(30)10-6-5-9-20-13-16-22(32-4)18-23(20)28/h5-16,18H,17H2,1-4H3. The van der Waals surface area contributed by atoms with Crippen molar-refractivity contribution in [3.63, 3.8) is 0 Å². The molecule has 33 heavy (non-hydrogen) atoms. The van der Waals surface area contributed by atoms with Gasteiger partial charge < -0.3 is 9.47 Å². The molecule has 0 heterocycles. The molecule has 2 aromatic rings. The van der Waals surface area contributed by atoms with Crippen LogP contribution in [0.1, 0.15) is 31.9 Å². The number of carbonyl (C=O) groups is 2. The highest BCUT2D eigenvalue weighted by molar-refractivity contribution is 6.32. The molecular weight excluding hydrogens is 461 g/mol. The number of hydrogen-bond acceptors (Lipinski definition) is 4. The van der Waals surface area contributed by atoms with Gasteiger partial charge in [-0.1, -0.05) is 65.7 Å². The van der Waals surface area contributed by atoms with Crippen LogP contribution in [0, 0.1) is 0 Å². The number of hydrogen-bond donors (Lipinski definition) is 0. The molecule has 0 aliphatic heterocycles. The Bertz CT molecular complexity index is 1050. The van der Waals surface area contributed by atoms with Crippen LogP contribution in [-0.4, -0.2) is 36.2 Å². The van der Waals surface area contributed by atoms with E-state index in [1.165, 1.54) is 6.08 Å². The van der Waals surface area contributed by atoms with E-state index < -0.39 is 17.6 Å². The number of methoxy groups -OCH3 is 1. The van der Waals surface area contributed by atoms with Gasteiger partial charge in [-0.05, 0) is 62.2 Å². The maximum absolute atomic E-state index is 12.7. The fourth-order valence-corrected chi connectivity index (χ4v) is 2.96. The molecule has 0 radical (unpaired) electrons. The summed E-state index contributed by atoms with van der Waals surface area (Å²) in [5.41, 5.74) is 0.930. The SMILES string of the molecule is COc1ccc(C=CC=CC(=O)N(CC=Cc2ccc(Cl)cc2)C(=O)OC(C)(C)C)c(Cl)c1. The van der Waals surface area contributed by atoms with Gasteiger partial charge in [0, 0.05) is 11.1 Å². The van der Waals surface area contributed by atoms with Crippen LogP contribution < -0.4 is 4.74 Å². The predicted octanol–water partition coefficient (Wildman–Crippen LogP) is 7.05. The van der Waals surface area contributed by atoms with E-state index in [1.807, 2.05) is 18.2 Å². The van der Waals surface area contributed by atoms with Crippen LogP contribution in [0.15, 0.2) is 66.8 Å². The Hall–Kier alpha value is -3.02. The maximum atomic E-state index is 12.7. The van der Waals surface area contributed by atoms with E-state index >= 15 is 0 Å². The fraction of sp³-hybridized carbons (Fsp3) is 0.231. The molecule has 0 atom stereocenters. The van der Waals surface area contributed by atoms with E-state index in [1.54, 1.807) is 82.5 Å². The first-order chi connectivity index (χ1) is 15.6. The highest BCUT2D eigenvalue weighted by atomic mass is 35.5. The van der Waals surface area contributed by atoms with Gasteiger partial charge in [-0.25, -0.2) is 9.69 Å². The zero-order valence-electron chi connectivity index (χ0n) is 19.0. The Kier molecular flexibility index (Phi) is 9.76. The second-order valence-electron chi connectivity index (χ2n) is 7.99. The van der Waals surface area contributed by atoms with Crippen molar-refractivity contribution in [1.82, 2.24) is 4.90 Å². The highest BCUT2D eigenvalue weighted by Gasteiger charge is 2.24. The lowest BCUT2D eigenvalue weighted by Gasteiger charge is -2.24. The summed E-state index contributed by atoms with van der Waals surface area (Å²) in [7, 11) is 1.57. The summed E-state index contributed by atoms with van der Waals surface area (Å²) in [4.78, 5) is 26.4. The van der Waals surface area contributed by atoms with Crippen molar-refractivity contribution in [2.75, 3.05) is 13.7 Å². The first-order valence-electron chi connectivity index (χ1n) is 10.2. The molecule has 2 rings (SSSR count). The van der Waals surface area contributed by atoms with Crippen molar-refractivity contribution in [3.8, 4) is 5.75 Å². The third-order valence-electron chi connectivity index (χ3n) is 4.18. The summed E-state index contributed by atoms with van der Waals surface area (Å²) >= 11 is 12.1. The average molecular weight is 488 g/mol. The Morgan fingerprint density at radius 3 is 2.30 bits per heavy atom. The van der Waals surface area contributed by atoms with Crippen molar-refractivity contribution < 1.29 is 19.1 Å². The van der Waals surface area contributed by atoms with Gasteiger partial charge in [-0.15, -0.1) is 0 Å². The zero-order valence-corrected chi connectivity index (χ0v) is 20.6. The summed E-state index contributed by atoms with van der Waals surface area (Å²) in [6, 6.07) is 12.5. The number of ether oxygens (including phenoxy) is 2. The van der Waals surface area contributed by atoms with Gasteiger partial charge in [0.15, 0.2) is 0 Å². The van der Waals surface area contributed by atoms with Crippen LogP contribution >= 0.6 is 23.2 Å². The number of allylic oxidation sites excluding steroid dienone is 2. The van der Waals surface area contributed by atoms with Gasteiger partial charge in [0.05, 0.1) is 18.7 Å². The summed E-state index contributed by atoms with van der Waals surface area (Å²) < 4.78 is 10.5. The molecule has 2 aromatic carbocycles. The van der Waals surface area contributed by atoms with Crippen molar-refractivity contribution in [2.45, 2.75) is 26.4 Å². The highest BCUT2D eigenvalue weighted by Crippen LogP contribution is 2.23. The number of carbonyl (C=O) groups excluding carboxylic acids is 2. The summed E-state index contributed by atoms with van der Waals surface area (Å²) in [5, 5.41) is 1.15. The minimum atomic E-state index is -0.732. The monoisotopic (exact) mass is 487 g/mol. The lowest BCUT2D eigenvalue weighted by Crippen LogP contribution is -2.40. The Morgan fingerprint density at radius 2 is 1.70 bits per heavy atom. The first-order valence-corrected chi connectivity index (χ1v) is 11.0. The van der Waals surface area contributed by atoms with E-state index in [0.717, 1.165) is 16.0 Å². The van der Waals surface area contributed by atoms with Crippen molar-refractivity contribution in [2.24, 2.45) is 0 Å². The molecule has 0 aliphatic carbocycles. The van der Waals surface area contributed by atoms with Crippen LogP contribution in [-0.2, 0) is 9.53 Å². The quantitative estimate of drug-likeness (QED) is 0.310. The molecular formula is C26H27Cl2NO4. The Labute approximate surface area is 204 Å². The first kappa shape index (κ1) is 26.2. The van der Waals surface area contributed by atoms with Crippen LogP contribution in [0.5, 0.6) is 5.75 Å². The smallest absolute Gasteiger partial charge is 0.417 e. The van der Waals surface area contributed by atoms with Gasteiger partial charge in [-0.3, -0.25) is 4.79 Å². The number of amides is 2. The van der Waals surface area contributed by atoms with E-state index in [4.69, 9.17) is 32.7 Å². The van der Waals surface area contributed by atoms with Crippen LogP contribution in [0.25, 0.3) is 12.2 Å². The second-order valence-corrected chi connectivity index (χ2v) is 8.83. The molecule has 0 spiro atoms. The van der Waals surface area contributed by atoms with Gasteiger partial charge in [0.1, 0.15) is 11.4 Å². The number of imide groups is 1. The third-order valence-corrected chi connectivity index (χ3v) is 4.76. The molecule has 0 aliphatic rings. The van der Waals surface area contributed by atoms with Gasteiger partial charge in [0.25, 0.3) is 5.91 Å². The molecule has 0 fully saturated rings. The second kappa shape index (κ2) is 12.3. The van der Waals surface area contributed by atoms with Crippen molar-refractivity contribution >= 4 is 47.4 Å². The summed E-state index contributed by atoms with van der Waals surface area (Å²) in [6.07, 6.45) is 9.06. The van der Waals surface area contributed by atoms with E-state index in [9.17, 15) is 9.59 Å². The summed E-state index contributed by atoms with van der Waals surface area (Å²) in [5.74, 6) is 0.151. The van der Waals surface area contributed by atoms with E-state index in [2.05, 4.69) is 0 Å². The Balaban J connectivity index is 2.11.